The Morgan fingerprint density at radius 2 is 1.94 bits per heavy atom. The Labute approximate surface area is 203 Å². The highest BCUT2D eigenvalue weighted by atomic mass is 35.5. The van der Waals surface area contributed by atoms with E-state index in [1.165, 1.54) is 18.1 Å². The van der Waals surface area contributed by atoms with Crippen molar-refractivity contribution in [3.05, 3.63) is 63.4 Å². The molecule has 0 aliphatic heterocycles. The van der Waals surface area contributed by atoms with Crippen LogP contribution in [0.4, 0.5) is 5.69 Å². The Morgan fingerprint density at radius 1 is 1.21 bits per heavy atom. The molecule has 0 saturated heterocycles. The van der Waals surface area contributed by atoms with Crippen LogP contribution in [0.2, 0.25) is 10.0 Å². The molecule has 1 heterocycles. The van der Waals surface area contributed by atoms with Gasteiger partial charge in [0.1, 0.15) is 5.75 Å². The Hall–Kier alpha value is -3.01. The molecule has 1 aliphatic carbocycles. The molecule has 1 aliphatic rings. The third kappa shape index (κ3) is 5.87. The highest BCUT2D eigenvalue weighted by molar-refractivity contribution is 6.37. The molecule has 0 fully saturated rings. The van der Waals surface area contributed by atoms with Crippen molar-refractivity contribution in [3.8, 4) is 18.1 Å². The van der Waals surface area contributed by atoms with Crippen LogP contribution in [0.1, 0.15) is 38.2 Å². The van der Waals surface area contributed by atoms with Gasteiger partial charge in [0.05, 0.1) is 29.4 Å². The fourth-order valence-electron chi connectivity index (χ4n) is 3.63. The van der Waals surface area contributed by atoms with Crippen molar-refractivity contribution in [2.24, 2.45) is 0 Å². The summed E-state index contributed by atoms with van der Waals surface area (Å²) in [5.41, 5.74) is 1.98. The Kier molecular flexibility index (Phi) is 8.37. The highest BCUT2D eigenvalue weighted by Crippen LogP contribution is 2.39. The fourth-order valence-corrected chi connectivity index (χ4v) is 4.16. The van der Waals surface area contributed by atoms with Gasteiger partial charge in [-0.3, -0.25) is 9.78 Å². The number of hydrogen-bond acceptors (Lipinski definition) is 5. The molecule has 1 amide bonds. The van der Waals surface area contributed by atoms with Gasteiger partial charge in [-0.2, -0.15) is 0 Å². The standard InChI is InChI=1S/C25H24Cl2N2O4/c1-4-16(2)33-23-13-22(20(26)12-21(23)27)29(15-17-8-7-11-28-14-17)24(30)18-9-5-6-10-19(18)25(31)32-3/h1,7-8,11-14,16H,5-6,9-10,15H2,2-3H3. The zero-order chi connectivity index (χ0) is 24.0. The van der Waals surface area contributed by atoms with Crippen LogP contribution in [0, 0.1) is 12.3 Å². The lowest BCUT2D eigenvalue weighted by Gasteiger charge is -2.28. The largest absolute Gasteiger partial charge is 0.476 e. The van der Waals surface area contributed by atoms with Gasteiger partial charge in [-0.1, -0.05) is 35.2 Å². The molecule has 1 aromatic heterocycles. The number of rotatable bonds is 7. The second-order valence-electron chi connectivity index (χ2n) is 7.57. The Morgan fingerprint density at radius 3 is 2.58 bits per heavy atom. The summed E-state index contributed by atoms with van der Waals surface area (Å²) >= 11 is 12.9. The third-order valence-corrected chi connectivity index (χ3v) is 5.90. The first-order chi connectivity index (χ1) is 15.8. The number of terminal acetylenes is 1. The molecule has 0 bridgehead atoms. The van der Waals surface area contributed by atoms with Gasteiger partial charge >= 0.3 is 5.97 Å². The van der Waals surface area contributed by atoms with E-state index < -0.39 is 12.1 Å². The van der Waals surface area contributed by atoms with E-state index in [1.807, 2.05) is 6.07 Å². The van der Waals surface area contributed by atoms with Gasteiger partial charge in [0, 0.05) is 29.6 Å². The minimum atomic E-state index is -0.536. The zero-order valence-corrected chi connectivity index (χ0v) is 19.9. The van der Waals surface area contributed by atoms with Crippen molar-refractivity contribution in [1.29, 1.82) is 0 Å². The van der Waals surface area contributed by atoms with Gasteiger partial charge in [0.15, 0.2) is 6.10 Å². The molecule has 1 unspecified atom stereocenters. The average molecular weight is 487 g/mol. The summed E-state index contributed by atoms with van der Waals surface area (Å²) in [4.78, 5) is 31.9. The quantitative estimate of drug-likeness (QED) is 0.388. The minimum absolute atomic E-state index is 0.177. The van der Waals surface area contributed by atoms with E-state index in [0.717, 1.165) is 18.4 Å². The van der Waals surface area contributed by atoms with Crippen molar-refractivity contribution >= 4 is 40.8 Å². The number of pyridine rings is 1. The molecule has 0 radical (unpaired) electrons. The first-order valence-electron chi connectivity index (χ1n) is 10.5. The summed E-state index contributed by atoms with van der Waals surface area (Å²) in [6.45, 7) is 1.88. The van der Waals surface area contributed by atoms with Crippen LogP contribution >= 0.6 is 23.2 Å². The lowest BCUT2D eigenvalue weighted by Crippen LogP contribution is -2.34. The number of anilines is 1. The molecule has 172 valence electrons. The summed E-state index contributed by atoms with van der Waals surface area (Å²) in [7, 11) is 1.31. The van der Waals surface area contributed by atoms with Crippen LogP contribution in [0.25, 0.3) is 0 Å². The van der Waals surface area contributed by atoms with Crippen molar-refractivity contribution in [3.63, 3.8) is 0 Å². The number of carbonyl (C=O) groups excluding carboxylic acids is 2. The Balaban J connectivity index is 2.12. The number of nitrogens with zero attached hydrogens (tertiary/aromatic N) is 2. The van der Waals surface area contributed by atoms with Crippen molar-refractivity contribution < 1.29 is 19.1 Å². The topological polar surface area (TPSA) is 68.7 Å². The molecule has 1 atom stereocenters. The van der Waals surface area contributed by atoms with Crippen LogP contribution in [-0.2, 0) is 20.9 Å². The van der Waals surface area contributed by atoms with E-state index in [9.17, 15) is 9.59 Å². The van der Waals surface area contributed by atoms with E-state index in [0.29, 0.717) is 35.4 Å². The lowest BCUT2D eigenvalue weighted by molar-refractivity contribution is -0.136. The number of halogens is 2. The molecule has 0 spiro atoms. The monoisotopic (exact) mass is 486 g/mol. The predicted molar refractivity (Wildman–Crippen MR) is 128 cm³/mol. The second kappa shape index (κ2) is 11.2. The number of hydrogen-bond donors (Lipinski definition) is 0. The van der Waals surface area contributed by atoms with Gasteiger partial charge in [-0.15, -0.1) is 6.42 Å². The van der Waals surface area contributed by atoms with E-state index in [-0.39, 0.29) is 22.5 Å². The van der Waals surface area contributed by atoms with Gasteiger partial charge < -0.3 is 14.4 Å². The lowest BCUT2D eigenvalue weighted by atomic mass is 9.90. The number of esters is 1. The summed E-state index contributed by atoms with van der Waals surface area (Å²) in [5, 5.41) is 0.528. The van der Waals surface area contributed by atoms with Gasteiger partial charge in [0.25, 0.3) is 5.91 Å². The highest BCUT2D eigenvalue weighted by Gasteiger charge is 2.30. The van der Waals surface area contributed by atoms with Gasteiger partial charge in [-0.05, 0) is 50.3 Å². The van der Waals surface area contributed by atoms with Crippen molar-refractivity contribution in [2.45, 2.75) is 45.3 Å². The van der Waals surface area contributed by atoms with E-state index in [2.05, 4.69) is 10.9 Å². The zero-order valence-electron chi connectivity index (χ0n) is 18.4. The normalized spacial score (nSPS) is 14.3. The summed E-state index contributed by atoms with van der Waals surface area (Å²) in [6.07, 6.45) is 10.8. The summed E-state index contributed by atoms with van der Waals surface area (Å²) in [6, 6.07) is 6.74. The first kappa shape index (κ1) is 24.6. The molecular formula is C25H24Cl2N2O4. The smallest absolute Gasteiger partial charge is 0.334 e. The van der Waals surface area contributed by atoms with Crippen molar-refractivity contribution in [1.82, 2.24) is 4.98 Å². The molecule has 33 heavy (non-hydrogen) atoms. The molecule has 6 nitrogen and oxygen atoms in total. The molecule has 1 aromatic carbocycles. The fraction of sp³-hybridized carbons (Fsp3) is 0.320. The molecule has 8 heteroatoms. The van der Waals surface area contributed by atoms with Crippen LogP contribution in [0.5, 0.6) is 5.75 Å². The molecular weight excluding hydrogens is 463 g/mol. The maximum Gasteiger partial charge on any atom is 0.334 e. The maximum absolute atomic E-state index is 13.8. The van der Waals surface area contributed by atoms with Crippen LogP contribution in [0.3, 0.4) is 0 Å². The number of ether oxygens (including phenoxy) is 2. The Bertz CT molecular complexity index is 1110. The van der Waals surface area contributed by atoms with E-state index in [4.69, 9.17) is 39.1 Å². The molecule has 0 N–H and O–H groups in total. The van der Waals surface area contributed by atoms with Gasteiger partial charge in [-0.25, -0.2) is 4.79 Å². The SMILES string of the molecule is C#CC(C)Oc1cc(N(Cc2cccnc2)C(=O)C2=C(C(=O)OC)CCCC2)c(Cl)cc1Cl. The predicted octanol–water partition coefficient (Wildman–Crippen LogP) is 5.37. The summed E-state index contributed by atoms with van der Waals surface area (Å²) in [5.74, 6) is 1.96. The first-order valence-corrected chi connectivity index (χ1v) is 11.2. The number of amides is 1. The van der Waals surface area contributed by atoms with E-state index in [1.54, 1.807) is 31.5 Å². The maximum atomic E-state index is 13.8. The van der Waals surface area contributed by atoms with Crippen LogP contribution in [0.15, 0.2) is 47.8 Å². The molecule has 0 saturated carbocycles. The van der Waals surface area contributed by atoms with Crippen LogP contribution < -0.4 is 9.64 Å². The number of aromatic nitrogens is 1. The second-order valence-corrected chi connectivity index (χ2v) is 8.38. The average Bonchev–Trinajstić information content (AvgIpc) is 2.84. The van der Waals surface area contributed by atoms with Gasteiger partial charge in [0.2, 0.25) is 0 Å². The van der Waals surface area contributed by atoms with E-state index >= 15 is 0 Å². The minimum Gasteiger partial charge on any atom is -0.476 e. The number of benzene rings is 1. The molecule has 2 aromatic rings. The van der Waals surface area contributed by atoms with Crippen molar-refractivity contribution in [2.75, 3.05) is 12.0 Å². The summed E-state index contributed by atoms with van der Waals surface area (Å²) < 4.78 is 10.7. The number of methoxy groups -OCH3 is 1. The molecule has 3 rings (SSSR count). The van der Waals surface area contributed by atoms with Crippen LogP contribution in [-0.4, -0.2) is 30.1 Å². The third-order valence-electron chi connectivity index (χ3n) is 5.30. The number of carbonyl (C=O) groups is 2.